The molecule has 2 aromatic rings. The summed E-state index contributed by atoms with van der Waals surface area (Å²) in [5, 5.41) is 5.72. The molecule has 0 bridgehead atoms. The van der Waals surface area contributed by atoms with Gasteiger partial charge in [-0.2, -0.15) is 0 Å². The summed E-state index contributed by atoms with van der Waals surface area (Å²) in [6, 6.07) is 12.4. The number of anilines is 2. The Kier molecular flexibility index (Phi) is 9.03. The minimum atomic E-state index is -3.82. The third-order valence-corrected chi connectivity index (χ3v) is 6.95. The Balaban J connectivity index is 1.68. The van der Waals surface area contributed by atoms with Crippen LogP contribution in [0.15, 0.2) is 53.4 Å². The molecule has 34 heavy (non-hydrogen) atoms. The van der Waals surface area contributed by atoms with Crippen LogP contribution in [0.2, 0.25) is 0 Å². The summed E-state index contributed by atoms with van der Waals surface area (Å²) in [4.78, 5) is 34.5. The summed E-state index contributed by atoms with van der Waals surface area (Å²) in [6.07, 6.45) is 4.47. The summed E-state index contributed by atoms with van der Waals surface area (Å²) in [7, 11) is -2.62. The van der Waals surface area contributed by atoms with Crippen molar-refractivity contribution in [1.29, 1.82) is 0 Å². The molecule has 0 spiro atoms. The number of carbonyl (C=O) groups is 2. The molecule has 1 atom stereocenters. The second-order valence-electron chi connectivity index (χ2n) is 8.22. The van der Waals surface area contributed by atoms with Crippen molar-refractivity contribution in [2.45, 2.75) is 50.0 Å². The quantitative estimate of drug-likeness (QED) is 0.419. The number of nitrogens with zero attached hydrogens (tertiary/aromatic N) is 1. The van der Waals surface area contributed by atoms with Crippen LogP contribution in [0, 0.1) is 0 Å². The average Bonchev–Trinajstić information content (AvgIpc) is 3.37. The SMILES string of the molecule is CCCCC(NC(=O)c1ccc(S(=O)(=O)NOC)cc1)C(=O)Nc1cccc(N2CCCC2)c1. The third-order valence-electron chi connectivity index (χ3n) is 5.67. The smallest absolute Gasteiger partial charge is 0.262 e. The highest BCUT2D eigenvalue weighted by Gasteiger charge is 2.22. The lowest BCUT2D eigenvalue weighted by Crippen LogP contribution is -2.43. The van der Waals surface area contributed by atoms with Crippen LogP contribution in [0.1, 0.15) is 49.4 Å². The maximum Gasteiger partial charge on any atom is 0.262 e. The minimum absolute atomic E-state index is 0.0379. The van der Waals surface area contributed by atoms with Crippen molar-refractivity contribution in [3.63, 3.8) is 0 Å². The van der Waals surface area contributed by atoms with Gasteiger partial charge >= 0.3 is 0 Å². The fraction of sp³-hybridized carbons (Fsp3) is 0.417. The summed E-state index contributed by atoms with van der Waals surface area (Å²) < 4.78 is 24.0. The zero-order chi connectivity index (χ0) is 24.6. The molecule has 0 radical (unpaired) electrons. The monoisotopic (exact) mass is 488 g/mol. The molecular formula is C24H32N4O5S. The average molecular weight is 489 g/mol. The summed E-state index contributed by atoms with van der Waals surface area (Å²) in [6.45, 7) is 4.03. The van der Waals surface area contributed by atoms with Crippen LogP contribution >= 0.6 is 0 Å². The highest BCUT2D eigenvalue weighted by molar-refractivity contribution is 7.89. The zero-order valence-electron chi connectivity index (χ0n) is 19.5. The van der Waals surface area contributed by atoms with Crippen molar-refractivity contribution in [1.82, 2.24) is 10.2 Å². The Morgan fingerprint density at radius 2 is 1.79 bits per heavy atom. The van der Waals surface area contributed by atoms with E-state index in [9.17, 15) is 18.0 Å². The number of rotatable bonds is 11. The molecule has 9 nitrogen and oxygen atoms in total. The normalized spacial score (nSPS) is 14.6. The Hall–Kier alpha value is -2.95. The number of benzene rings is 2. The van der Waals surface area contributed by atoms with Crippen molar-refractivity contribution in [3.8, 4) is 0 Å². The third kappa shape index (κ3) is 6.78. The first kappa shape index (κ1) is 25.7. The minimum Gasteiger partial charge on any atom is -0.371 e. The first-order valence-corrected chi connectivity index (χ1v) is 12.9. The van der Waals surface area contributed by atoms with Gasteiger partial charge in [-0.1, -0.05) is 30.7 Å². The topological polar surface area (TPSA) is 117 Å². The van der Waals surface area contributed by atoms with Gasteiger partial charge in [0.05, 0.1) is 12.0 Å². The molecule has 0 saturated carbocycles. The maximum atomic E-state index is 13.0. The number of nitrogens with one attached hydrogen (secondary N) is 3. The highest BCUT2D eigenvalue weighted by atomic mass is 32.2. The highest BCUT2D eigenvalue weighted by Crippen LogP contribution is 2.23. The molecule has 1 aliphatic rings. The fourth-order valence-electron chi connectivity index (χ4n) is 3.85. The van der Waals surface area contributed by atoms with Crippen LogP contribution in [0.25, 0.3) is 0 Å². The Morgan fingerprint density at radius 3 is 2.44 bits per heavy atom. The van der Waals surface area contributed by atoms with E-state index in [1.165, 1.54) is 31.4 Å². The van der Waals surface area contributed by atoms with Gasteiger partial charge in [-0.25, -0.2) is 8.42 Å². The lowest BCUT2D eigenvalue weighted by Gasteiger charge is -2.21. The number of hydrogen-bond donors (Lipinski definition) is 3. The van der Waals surface area contributed by atoms with Gasteiger partial charge < -0.3 is 15.5 Å². The molecule has 10 heteroatoms. The molecule has 0 aromatic heterocycles. The van der Waals surface area contributed by atoms with E-state index in [-0.39, 0.29) is 16.4 Å². The molecular weight excluding hydrogens is 456 g/mol. The summed E-state index contributed by atoms with van der Waals surface area (Å²) in [5.74, 6) is -0.741. The molecule has 1 aliphatic heterocycles. The molecule has 0 aliphatic carbocycles. The number of sulfonamides is 1. The van der Waals surface area contributed by atoms with Crippen molar-refractivity contribution in [3.05, 3.63) is 54.1 Å². The summed E-state index contributed by atoms with van der Waals surface area (Å²) >= 11 is 0. The van der Waals surface area contributed by atoms with Gasteiger partial charge in [0.15, 0.2) is 0 Å². The Morgan fingerprint density at radius 1 is 1.09 bits per heavy atom. The van der Waals surface area contributed by atoms with Crippen molar-refractivity contribution in [2.24, 2.45) is 0 Å². The lowest BCUT2D eigenvalue weighted by molar-refractivity contribution is -0.118. The Labute approximate surface area is 200 Å². The van der Waals surface area contributed by atoms with Gasteiger partial charge in [0.25, 0.3) is 15.9 Å². The first-order chi connectivity index (χ1) is 16.3. The summed E-state index contributed by atoms with van der Waals surface area (Å²) in [5.41, 5.74) is 2.01. The van der Waals surface area contributed by atoms with Crippen molar-refractivity contribution in [2.75, 3.05) is 30.4 Å². The molecule has 1 unspecified atom stereocenters. The second kappa shape index (κ2) is 12.0. The van der Waals surface area contributed by atoms with Crippen molar-refractivity contribution < 1.29 is 22.8 Å². The zero-order valence-corrected chi connectivity index (χ0v) is 20.4. The van der Waals surface area contributed by atoms with Gasteiger partial charge in [-0.3, -0.25) is 14.4 Å². The fourth-order valence-corrected chi connectivity index (χ4v) is 4.66. The van der Waals surface area contributed by atoms with E-state index in [1.54, 1.807) is 0 Å². The van der Waals surface area contributed by atoms with Crippen LogP contribution in [-0.4, -0.2) is 46.5 Å². The number of carbonyl (C=O) groups excluding carboxylic acids is 2. The molecule has 2 aromatic carbocycles. The molecule has 184 valence electrons. The largest absolute Gasteiger partial charge is 0.371 e. The molecule has 2 amide bonds. The van der Waals surface area contributed by atoms with Crippen molar-refractivity contribution >= 4 is 33.2 Å². The van der Waals surface area contributed by atoms with Gasteiger partial charge in [0.2, 0.25) is 5.91 Å². The van der Waals surface area contributed by atoms with E-state index < -0.39 is 22.0 Å². The first-order valence-electron chi connectivity index (χ1n) is 11.5. The molecule has 1 saturated heterocycles. The lowest BCUT2D eigenvalue weighted by atomic mass is 10.1. The van der Waals surface area contributed by atoms with Crippen LogP contribution < -0.4 is 20.4 Å². The molecule has 3 rings (SSSR count). The predicted molar refractivity (Wildman–Crippen MR) is 131 cm³/mol. The maximum absolute atomic E-state index is 13.0. The van der Waals surface area contributed by atoms with E-state index in [0.29, 0.717) is 12.1 Å². The van der Waals surface area contributed by atoms with Crippen LogP contribution in [0.3, 0.4) is 0 Å². The van der Waals surface area contributed by atoms with Crippen LogP contribution in [0.4, 0.5) is 11.4 Å². The number of unbranched alkanes of at least 4 members (excludes halogenated alkanes) is 1. The van der Waals surface area contributed by atoms with E-state index in [2.05, 4.69) is 20.4 Å². The van der Waals surface area contributed by atoms with Crippen LogP contribution in [-0.2, 0) is 19.7 Å². The van der Waals surface area contributed by atoms with E-state index in [4.69, 9.17) is 0 Å². The van der Waals surface area contributed by atoms with E-state index in [1.807, 2.05) is 36.1 Å². The molecule has 1 heterocycles. The number of amides is 2. The van der Waals surface area contributed by atoms with Crippen LogP contribution in [0.5, 0.6) is 0 Å². The standard InChI is InChI=1S/C24H32N4O5S/c1-3-4-10-22(24(30)25-19-8-7-9-20(17-19)28-15-5-6-16-28)26-23(29)18-11-13-21(14-12-18)34(31,32)27-33-2/h7-9,11-14,17,22,27H,3-6,10,15-16H2,1-2H3,(H,25,30)(H,26,29). The van der Waals surface area contributed by atoms with Gasteiger partial charge in [0, 0.05) is 30.0 Å². The van der Waals surface area contributed by atoms with E-state index in [0.717, 1.165) is 44.5 Å². The predicted octanol–water partition coefficient (Wildman–Crippen LogP) is 3.05. The second-order valence-corrected chi connectivity index (χ2v) is 9.86. The van der Waals surface area contributed by atoms with Gasteiger partial charge in [-0.15, -0.1) is 0 Å². The molecule has 1 fully saturated rings. The Bertz CT molecular complexity index is 1080. The molecule has 3 N–H and O–H groups in total. The van der Waals surface area contributed by atoms with Gasteiger partial charge in [0.1, 0.15) is 6.04 Å². The van der Waals surface area contributed by atoms with Gasteiger partial charge in [-0.05, 0) is 61.7 Å². The van der Waals surface area contributed by atoms with E-state index >= 15 is 0 Å². The number of hydrogen-bond acceptors (Lipinski definition) is 6.